The Morgan fingerprint density at radius 1 is 0.622 bits per heavy atom. The van der Waals surface area contributed by atoms with E-state index in [2.05, 4.69) is 0 Å². The van der Waals surface area contributed by atoms with Gasteiger partial charge in [0.05, 0.1) is 31.7 Å². The van der Waals surface area contributed by atoms with Crippen LogP contribution in [-0.2, 0) is 72.0 Å². The van der Waals surface area contributed by atoms with Gasteiger partial charge in [-0.3, -0.25) is 9.59 Å². The summed E-state index contributed by atoms with van der Waals surface area (Å²) in [6.07, 6.45) is -2.32. The molecule has 16 nitrogen and oxygen atoms in total. The van der Waals surface area contributed by atoms with E-state index in [1.54, 1.807) is 60.7 Å². The number of nitrogens with zero attached hydrogens (tertiary/aromatic N) is 2. The monoisotopic (exact) mass is 722 g/mol. The normalized spacial score (nSPS) is 10.8. The molecule has 0 atom stereocenters. The van der Waals surface area contributed by atoms with Gasteiger partial charge in [0, 0.05) is 39.0 Å². The van der Waals surface area contributed by atoms with Crippen LogP contribution >= 0.6 is 0 Å². The molecule has 4 N–H and O–H groups in total. The molecule has 0 saturated carbocycles. The van der Waals surface area contributed by atoms with Gasteiger partial charge in [-0.15, -0.1) is 0 Å². The van der Waals surface area contributed by atoms with Crippen LogP contribution in [0, 0.1) is 0 Å². The van der Waals surface area contributed by atoms with Gasteiger partial charge in [0.1, 0.15) is 13.2 Å². The van der Waals surface area contributed by atoms with Crippen molar-refractivity contribution in [1.29, 1.82) is 0 Å². The van der Waals surface area contributed by atoms with Crippen molar-refractivity contribution in [2.75, 3.05) is 37.7 Å². The molecule has 0 bridgehead atoms. The maximum Gasteiger partial charge on any atom is 2.00 e. The standard InChI is InChI=1S/2C13H18N2O6S.Zn/c2*14-7-6-12(16)15(8-9-22(18,19)20)13(17)21-10-11-4-2-1-3-5-11;/h2*1-5H,6-10,14H2,(H,18,19,20);/q;;+2/p-2. The Kier molecular flexibility index (Phi) is 19.8. The van der Waals surface area contributed by atoms with Crippen LogP contribution in [0.4, 0.5) is 9.59 Å². The molecule has 2 aromatic carbocycles. The number of hydrogen-bond acceptors (Lipinski definition) is 14. The summed E-state index contributed by atoms with van der Waals surface area (Å²) < 4.78 is 73.8. The van der Waals surface area contributed by atoms with Crippen molar-refractivity contribution in [3.8, 4) is 0 Å². The fourth-order valence-corrected chi connectivity index (χ4v) is 3.97. The van der Waals surface area contributed by atoms with E-state index in [-0.39, 0.29) is 58.6 Å². The van der Waals surface area contributed by atoms with Crippen molar-refractivity contribution in [3.05, 3.63) is 71.8 Å². The van der Waals surface area contributed by atoms with Crippen LogP contribution in [0.3, 0.4) is 0 Å². The molecule has 0 aromatic heterocycles. The summed E-state index contributed by atoms with van der Waals surface area (Å²) in [6.45, 7) is -1.28. The quantitative estimate of drug-likeness (QED) is 0.193. The maximum atomic E-state index is 11.9. The molecular formula is C26H34N4O12S2Zn. The SMILES string of the molecule is NCCC(=O)N(CCS(=O)(=O)[O-])C(=O)OCc1ccccc1.NCCC(=O)N(CCS(=O)(=O)[O-])C(=O)OCc1ccccc1.[Zn+2]. The molecule has 2 aromatic rings. The molecule has 0 spiro atoms. The second-order valence-electron chi connectivity index (χ2n) is 8.77. The minimum atomic E-state index is -4.55. The molecule has 0 heterocycles. The molecule has 0 aliphatic heterocycles. The van der Waals surface area contributed by atoms with E-state index in [9.17, 15) is 45.1 Å². The molecule has 0 aliphatic rings. The number of amides is 4. The van der Waals surface area contributed by atoms with E-state index >= 15 is 0 Å². The van der Waals surface area contributed by atoms with E-state index in [4.69, 9.17) is 20.9 Å². The molecule has 0 saturated heterocycles. The minimum Gasteiger partial charge on any atom is -0.748 e. The summed E-state index contributed by atoms with van der Waals surface area (Å²) in [5, 5.41) is 0. The van der Waals surface area contributed by atoms with Crippen molar-refractivity contribution in [2.24, 2.45) is 11.5 Å². The predicted molar refractivity (Wildman–Crippen MR) is 153 cm³/mol. The third-order valence-corrected chi connectivity index (χ3v) is 6.66. The van der Waals surface area contributed by atoms with Gasteiger partial charge in [-0.2, -0.15) is 0 Å². The second kappa shape index (κ2) is 21.4. The van der Waals surface area contributed by atoms with E-state index in [1.165, 1.54) is 0 Å². The predicted octanol–water partition coefficient (Wildman–Crippen LogP) is 0.0891. The summed E-state index contributed by atoms with van der Waals surface area (Å²) in [5.41, 5.74) is 11.9. The van der Waals surface area contributed by atoms with Gasteiger partial charge in [-0.1, -0.05) is 60.7 Å². The van der Waals surface area contributed by atoms with E-state index < -0.39 is 68.8 Å². The fraction of sp³-hybridized carbons (Fsp3) is 0.385. The van der Waals surface area contributed by atoms with Crippen LogP contribution in [0.2, 0.25) is 0 Å². The minimum absolute atomic E-state index is 0. The zero-order valence-corrected chi connectivity index (χ0v) is 28.9. The first-order valence-electron chi connectivity index (χ1n) is 13.0. The summed E-state index contributed by atoms with van der Waals surface area (Å²) in [7, 11) is -9.10. The van der Waals surface area contributed by atoms with Crippen molar-refractivity contribution >= 4 is 44.2 Å². The third kappa shape index (κ3) is 18.9. The number of rotatable bonds is 14. The van der Waals surface area contributed by atoms with Crippen molar-refractivity contribution in [2.45, 2.75) is 26.1 Å². The number of imide groups is 2. The van der Waals surface area contributed by atoms with Crippen molar-refractivity contribution < 1.29 is 74.1 Å². The van der Waals surface area contributed by atoms with Crippen molar-refractivity contribution in [1.82, 2.24) is 9.80 Å². The molecule has 45 heavy (non-hydrogen) atoms. The van der Waals surface area contributed by atoms with E-state index in [0.29, 0.717) is 20.9 Å². The average Bonchev–Trinajstić information content (AvgIpc) is 2.95. The molecule has 19 heteroatoms. The Hall–Kier alpha value is -3.32. The fourth-order valence-electron chi connectivity index (χ4n) is 3.15. The topological polar surface area (TPSA) is 260 Å². The Bertz CT molecular complexity index is 1320. The van der Waals surface area contributed by atoms with Gasteiger partial charge in [0.15, 0.2) is 0 Å². The summed E-state index contributed by atoms with van der Waals surface area (Å²) in [6, 6.07) is 17.5. The first-order chi connectivity index (χ1) is 20.7. The zero-order valence-electron chi connectivity index (χ0n) is 24.3. The molecule has 244 valence electrons. The summed E-state index contributed by atoms with van der Waals surface area (Å²) in [4.78, 5) is 48.5. The van der Waals surface area contributed by atoms with E-state index in [0.717, 1.165) is 0 Å². The van der Waals surface area contributed by atoms with Crippen LogP contribution in [0.1, 0.15) is 24.0 Å². The van der Waals surface area contributed by atoms with Crippen molar-refractivity contribution in [3.63, 3.8) is 0 Å². The maximum absolute atomic E-state index is 11.9. The number of carbonyl (C=O) groups excluding carboxylic acids is 4. The molecule has 4 amide bonds. The summed E-state index contributed by atoms with van der Waals surface area (Å²) in [5.74, 6) is -3.12. The Morgan fingerprint density at radius 3 is 1.20 bits per heavy atom. The molecule has 0 unspecified atom stereocenters. The first kappa shape index (κ1) is 41.7. The van der Waals surface area contributed by atoms with Gasteiger partial charge < -0.3 is 30.0 Å². The van der Waals surface area contributed by atoms with Gasteiger partial charge in [-0.05, 0) is 11.1 Å². The van der Waals surface area contributed by atoms with Crippen LogP contribution in [0.15, 0.2) is 60.7 Å². The summed E-state index contributed by atoms with van der Waals surface area (Å²) >= 11 is 0. The average molecular weight is 724 g/mol. The van der Waals surface area contributed by atoms with Crippen LogP contribution in [0.25, 0.3) is 0 Å². The Labute approximate surface area is 274 Å². The van der Waals surface area contributed by atoms with Crippen LogP contribution < -0.4 is 11.5 Å². The molecule has 0 radical (unpaired) electrons. The largest absolute Gasteiger partial charge is 2.00 e. The van der Waals surface area contributed by atoms with Gasteiger partial charge in [0.25, 0.3) is 0 Å². The Morgan fingerprint density at radius 2 is 0.933 bits per heavy atom. The van der Waals surface area contributed by atoms with Gasteiger partial charge in [0.2, 0.25) is 11.8 Å². The number of benzene rings is 2. The van der Waals surface area contributed by atoms with Gasteiger partial charge >= 0.3 is 31.7 Å². The Balaban J connectivity index is 0.000000842. The molecule has 0 aliphatic carbocycles. The van der Waals surface area contributed by atoms with Crippen LogP contribution in [-0.4, -0.2) is 97.4 Å². The number of nitrogens with two attached hydrogens (primary N) is 2. The number of hydrogen-bond donors (Lipinski definition) is 2. The number of carbonyl (C=O) groups is 4. The van der Waals surface area contributed by atoms with Crippen LogP contribution in [0.5, 0.6) is 0 Å². The second-order valence-corrected chi connectivity index (χ2v) is 11.8. The third-order valence-electron chi connectivity index (χ3n) is 5.30. The molecular weight excluding hydrogens is 690 g/mol. The number of ether oxygens (including phenoxy) is 2. The molecule has 0 fully saturated rings. The van der Waals surface area contributed by atoms with E-state index in [1.807, 2.05) is 0 Å². The zero-order chi connectivity index (χ0) is 33.2. The molecule has 2 rings (SSSR count). The first-order valence-corrected chi connectivity index (χ1v) is 16.1. The van der Waals surface area contributed by atoms with Gasteiger partial charge in [-0.25, -0.2) is 36.2 Å². The smallest absolute Gasteiger partial charge is 0.748 e.